The van der Waals surface area contributed by atoms with Gasteiger partial charge < -0.3 is 122 Å². The van der Waals surface area contributed by atoms with Crippen molar-refractivity contribution in [3.63, 3.8) is 0 Å². The van der Waals surface area contributed by atoms with Crippen molar-refractivity contribution < 1.29 is 141 Å². The Morgan fingerprint density at radius 1 is 0.473 bits per heavy atom. The van der Waals surface area contributed by atoms with Gasteiger partial charge in [-0.25, -0.2) is 4.57 Å². The lowest BCUT2D eigenvalue weighted by Gasteiger charge is -2.42. The summed E-state index contributed by atoms with van der Waals surface area (Å²) in [6.45, 7) is 3.76. The van der Waals surface area contributed by atoms with Gasteiger partial charge in [0.1, 0.15) is 66.7 Å². The molecule has 0 aromatic carbocycles. The monoisotopic (exact) mass is 1650 g/mol. The zero-order valence-electron chi connectivity index (χ0n) is 65.5. The van der Waals surface area contributed by atoms with Gasteiger partial charge in [0, 0.05) is 123 Å². The van der Waals surface area contributed by atoms with E-state index >= 15 is 0 Å². The summed E-state index contributed by atoms with van der Waals surface area (Å²) in [7, 11) is -2.91. The molecule has 39 heteroatoms. The second kappa shape index (κ2) is 57.9. The van der Waals surface area contributed by atoms with Crippen LogP contribution in [0.4, 0.5) is 0 Å². The summed E-state index contributed by atoms with van der Waals surface area (Å²) < 4.78 is 54.7. The smallest absolute Gasteiger partial charge is 0.394 e. The van der Waals surface area contributed by atoms with Crippen molar-refractivity contribution >= 4 is 78.4 Å². The van der Waals surface area contributed by atoms with Crippen molar-refractivity contribution in [2.75, 3.05) is 91.0 Å². The number of unbranched alkanes of at least 4 members (excludes halogenated alkanes) is 11. The number of aliphatic hydroxyl groups excluding tert-OH is 9. The first-order chi connectivity index (χ1) is 53.5. The molecule has 0 aromatic heterocycles. The van der Waals surface area contributed by atoms with Gasteiger partial charge in [0.2, 0.25) is 47.3 Å². The lowest BCUT2D eigenvalue weighted by molar-refractivity contribution is -0.282. The average molecular weight is 1650 g/mol. The van der Waals surface area contributed by atoms with Gasteiger partial charge in [-0.05, 0) is 115 Å². The number of amides is 8. The molecular weight excluding hydrogens is 1520 g/mol. The van der Waals surface area contributed by atoms with Crippen LogP contribution in [0.1, 0.15) is 201 Å². The Hall–Kier alpha value is -5.04. The molecule has 1 unspecified atom stereocenters. The van der Waals surface area contributed by atoms with E-state index in [1.54, 1.807) is 6.92 Å². The molecule has 3 fully saturated rings. The number of rotatable bonds is 63. The van der Waals surface area contributed by atoms with E-state index in [4.69, 9.17) is 38.7 Å². The number of primary amides is 1. The molecular formula is C73H131N8O29PS. The third-order valence-electron chi connectivity index (χ3n) is 19.5. The first-order valence-electron chi connectivity index (χ1n) is 39.6. The molecule has 19 atom stereocenters. The van der Waals surface area contributed by atoms with Crippen LogP contribution in [0.3, 0.4) is 0 Å². The number of nitrogens with two attached hydrogens (primary N) is 1. The molecule has 19 N–H and O–H groups in total. The van der Waals surface area contributed by atoms with Crippen LogP contribution in [0.2, 0.25) is 0 Å². The number of ether oxygens (including phenoxy) is 6. The van der Waals surface area contributed by atoms with Gasteiger partial charge in [0.25, 0.3) is 0 Å². The summed E-state index contributed by atoms with van der Waals surface area (Å²) in [4.78, 5) is 140. The molecule has 0 aliphatic carbocycles. The van der Waals surface area contributed by atoms with E-state index in [-0.39, 0.29) is 139 Å². The van der Waals surface area contributed by atoms with Crippen molar-refractivity contribution in [2.24, 2.45) is 23.5 Å². The number of nitrogens with one attached hydrogen (secondary N) is 7. The topological polar surface area (TPSA) is 574 Å². The molecule has 3 heterocycles. The van der Waals surface area contributed by atoms with Gasteiger partial charge in [-0.3, -0.25) is 57.0 Å². The predicted molar refractivity (Wildman–Crippen MR) is 405 cm³/mol. The van der Waals surface area contributed by atoms with Gasteiger partial charge in [0.15, 0.2) is 24.7 Å². The Bertz CT molecular complexity index is 2810. The Morgan fingerprint density at radius 2 is 0.875 bits per heavy atom. The van der Waals surface area contributed by atoms with E-state index in [0.29, 0.717) is 109 Å². The van der Waals surface area contributed by atoms with E-state index < -0.39 is 167 Å². The first-order valence-corrected chi connectivity index (χ1v) is 42.2. The molecule has 3 aliphatic heterocycles. The van der Waals surface area contributed by atoms with Crippen LogP contribution in [0.15, 0.2) is 0 Å². The highest BCUT2D eigenvalue weighted by molar-refractivity contribution is 7.99. The first kappa shape index (κ1) is 101. The fourth-order valence-corrected chi connectivity index (χ4v) is 14.2. The van der Waals surface area contributed by atoms with Crippen LogP contribution < -0.4 is 43.0 Å². The Kier molecular flexibility index (Phi) is 52.3. The van der Waals surface area contributed by atoms with Crippen LogP contribution in [0.5, 0.6) is 0 Å². The van der Waals surface area contributed by atoms with Crippen molar-refractivity contribution in [3.8, 4) is 0 Å². The molecule has 3 saturated heterocycles. The molecule has 0 aromatic rings. The standard InChI is InChI=1S/C73H131N8O29PS/c1-46-63(93)64(94)54(42-82)108-71(46)104-35-20-12-28-59(91)77-34-18-11-27-52(53(88)41-49(69(74)99)24-9-16-32-75-57(89)29-13-21-36-105-72-61(79-47(2)85)67(97)65(95)55(43-83)109-72)81-70(100)50(40-51(87)26-8-7-15-31-78-60(92)45-112-39-23-6-5-19-38-107-111(101,102)103-4)25-10-17-33-76-58(90)30-14-22-37-106-73-62(80-48(3)86)68(98)66(96)56(44-84)110-73/h46,49-50,52,54-56,61-68,71-73,82-84,93-98H,5-45H2,1-4H3,(H2,74,99)(H,75,89)(H,76,90)(H,77,91)(H,78,92)(H,79,85)(H,80,86)(H,81,100)(H,101,102)/t46-,49-,50-,52+,54-,55-,56-,61-,62-,63-,64+,65+,66+,67-,68-,71-,72-,73-/m1/s1. The third-order valence-corrected chi connectivity index (χ3v) is 21.5. The molecule has 3 aliphatic rings. The zero-order valence-corrected chi connectivity index (χ0v) is 67.3. The van der Waals surface area contributed by atoms with Gasteiger partial charge >= 0.3 is 7.82 Å². The number of aliphatic hydroxyl groups is 9. The van der Waals surface area contributed by atoms with Crippen molar-refractivity contribution in [3.05, 3.63) is 0 Å². The van der Waals surface area contributed by atoms with Gasteiger partial charge in [-0.15, -0.1) is 0 Å². The van der Waals surface area contributed by atoms with E-state index in [2.05, 4.69) is 41.7 Å². The Balaban J connectivity index is 1.65. The lowest BCUT2D eigenvalue weighted by Crippen LogP contribution is -2.64. The van der Waals surface area contributed by atoms with E-state index in [1.165, 1.54) is 25.6 Å². The fraction of sp³-hybridized carbons (Fsp3) is 0.863. The second-order valence-electron chi connectivity index (χ2n) is 28.8. The lowest BCUT2D eigenvalue weighted by atomic mass is 9.90. The van der Waals surface area contributed by atoms with Crippen LogP contribution in [0.25, 0.3) is 0 Å². The molecule has 0 radical (unpaired) electrons. The summed E-state index contributed by atoms with van der Waals surface area (Å²) in [6, 6.07) is -3.39. The van der Waals surface area contributed by atoms with Gasteiger partial charge in [0.05, 0.1) is 44.3 Å². The maximum absolute atomic E-state index is 14.6. The highest BCUT2D eigenvalue weighted by Crippen LogP contribution is 2.42. The Labute approximate surface area is 660 Å². The SMILES string of the molecule is COP(=O)(O)OCCCCCCSCC(=O)NCCCCCC(=O)C[C@@H](CCCCNC(=O)CCCCO[C@@H]1O[C@H](CO)[C@H](O)[C@H](O)[C@H]1NC(C)=O)C(=O)N[C@@H](CCCCNC(=O)CCCCO[C@@H]1O[C@H](CO)[C@H](O)[C@H](O)[C@H]1C)C(=O)C[C@@H](CCCCNC(=O)CCCCO[C@@H]1O[C@H](CO)[C@H](O)[C@H](O)[C@H]1NC(C)=O)C(N)=O. The van der Waals surface area contributed by atoms with Crippen molar-refractivity contribution in [1.82, 2.24) is 37.2 Å². The normalized spacial score (nSPS) is 25.1. The largest absolute Gasteiger partial charge is 0.471 e. The predicted octanol–water partition coefficient (Wildman–Crippen LogP) is -0.776. The van der Waals surface area contributed by atoms with Crippen molar-refractivity contribution in [2.45, 2.75) is 292 Å². The summed E-state index contributed by atoms with van der Waals surface area (Å²) in [6.07, 6.45) is -5.26. The second-order valence-corrected chi connectivity index (χ2v) is 31.5. The molecule has 112 heavy (non-hydrogen) atoms. The molecule has 648 valence electrons. The summed E-state index contributed by atoms with van der Waals surface area (Å²) in [5, 5.41) is 110. The van der Waals surface area contributed by atoms with E-state index in [0.717, 1.165) is 32.1 Å². The number of ketones is 2. The van der Waals surface area contributed by atoms with Crippen molar-refractivity contribution in [1.29, 1.82) is 0 Å². The molecule has 0 bridgehead atoms. The highest BCUT2D eigenvalue weighted by Gasteiger charge is 2.47. The molecule has 0 spiro atoms. The number of hydrogen-bond acceptors (Lipinski definition) is 29. The number of thioether (sulfide) groups is 1. The minimum atomic E-state index is -4.00. The number of carbonyl (C=O) groups is 10. The number of phosphoric acid groups is 1. The van der Waals surface area contributed by atoms with Gasteiger partial charge in [-0.1, -0.05) is 39.0 Å². The van der Waals surface area contributed by atoms with Gasteiger partial charge in [-0.2, -0.15) is 11.8 Å². The summed E-state index contributed by atoms with van der Waals surface area (Å²) >= 11 is 1.49. The maximum atomic E-state index is 14.6. The minimum Gasteiger partial charge on any atom is -0.394 e. The molecule has 8 amide bonds. The number of Topliss-reactive ketones (excluding diaryl/α,β-unsaturated/α-hetero) is 2. The summed E-state index contributed by atoms with van der Waals surface area (Å²) in [5.74, 6) is -5.46. The minimum absolute atomic E-state index is 0.0456. The maximum Gasteiger partial charge on any atom is 0.471 e. The summed E-state index contributed by atoms with van der Waals surface area (Å²) in [5.41, 5.74) is 5.90. The van der Waals surface area contributed by atoms with Crippen LogP contribution in [0, 0.1) is 17.8 Å². The Morgan fingerprint density at radius 3 is 1.34 bits per heavy atom. The molecule has 3 rings (SSSR count). The average Bonchev–Trinajstić information content (AvgIpc) is 0.826. The zero-order chi connectivity index (χ0) is 83.0. The fourth-order valence-electron chi connectivity index (χ4n) is 12.8. The number of phosphoric ester groups is 1. The van der Waals surface area contributed by atoms with Crippen LogP contribution in [-0.4, -0.2) is 293 Å². The van der Waals surface area contributed by atoms with Crippen LogP contribution >= 0.6 is 19.6 Å². The van der Waals surface area contributed by atoms with Crippen LogP contribution in [-0.2, 0) is 90.0 Å². The molecule has 0 saturated carbocycles. The molecule has 37 nitrogen and oxygen atoms in total. The number of carbonyl (C=O) groups excluding carboxylic acids is 10. The van der Waals surface area contributed by atoms with E-state index in [9.17, 15) is 103 Å². The quantitative estimate of drug-likeness (QED) is 0.0262. The van der Waals surface area contributed by atoms with E-state index in [1.807, 2.05) is 0 Å². The third kappa shape index (κ3) is 41.2. The number of hydrogen-bond donors (Lipinski definition) is 18. The highest BCUT2D eigenvalue weighted by atomic mass is 32.2.